The monoisotopic (exact) mass is 464 g/mol. The average Bonchev–Trinajstić information content (AvgIpc) is 3.36. The Morgan fingerprint density at radius 1 is 1.24 bits per heavy atom. The zero-order valence-corrected chi connectivity index (χ0v) is 18.9. The van der Waals surface area contributed by atoms with Crippen LogP contribution in [0.2, 0.25) is 0 Å². The maximum absolute atomic E-state index is 12.7. The normalized spacial score (nSPS) is 11.0. The lowest BCUT2D eigenvalue weighted by Crippen LogP contribution is -2.16. The summed E-state index contributed by atoms with van der Waals surface area (Å²) in [6.07, 6.45) is 1.28. The Kier molecular flexibility index (Phi) is 7.10. The molecule has 0 aliphatic carbocycles. The van der Waals surface area contributed by atoms with Crippen LogP contribution < -0.4 is 5.32 Å². The minimum absolute atomic E-state index is 0.108. The van der Waals surface area contributed by atoms with Crippen molar-refractivity contribution in [3.8, 4) is 17.4 Å². The van der Waals surface area contributed by atoms with Gasteiger partial charge in [-0.15, -0.1) is 11.3 Å². The van der Waals surface area contributed by atoms with E-state index >= 15 is 0 Å². The van der Waals surface area contributed by atoms with E-state index in [9.17, 15) is 19.6 Å². The van der Waals surface area contributed by atoms with E-state index in [4.69, 9.17) is 14.3 Å². The minimum Gasteiger partial charge on any atom is -0.478 e. The SMILES string of the molecule is CCOC(=O)c1c(NC(=O)/C(C#N)=C/c2ccc(-c3cccc(C(=O)O)c3)o2)sc(C)c1C. The van der Waals surface area contributed by atoms with Gasteiger partial charge < -0.3 is 19.6 Å². The van der Waals surface area contributed by atoms with E-state index in [0.29, 0.717) is 21.9 Å². The number of rotatable bonds is 7. The van der Waals surface area contributed by atoms with Crippen LogP contribution in [0.1, 0.15) is 43.8 Å². The summed E-state index contributed by atoms with van der Waals surface area (Å²) < 4.78 is 10.8. The zero-order chi connectivity index (χ0) is 24.1. The van der Waals surface area contributed by atoms with Crippen LogP contribution in [0.15, 0.2) is 46.4 Å². The van der Waals surface area contributed by atoms with E-state index < -0.39 is 17.8 Å². The summed E-state index contributed by atoms with van der Waals surface area (Å²) in [6.45, 7) is 5.47. The number of nitriles is 1. The number of amides is 1. The Morgan fingerprint density at radius 2 is 2.00 bits per heavy atom. The van der Waals surface area contributed by atoms with Crippen LogP contribution in [-0.2, 0) is 9.53 Å². The van der Waals surface area contributed by atoms with Crippen LogP contribution in [0.5, 0.6) is 0 Å². The number of nitrogens with one attached hydrogen (secondary N) is 1. The molecule has 2 aromatic heterocycles. The molecule has 3 aromatic rings. The van der Waals surface area contributed by atoms with Crippen LogP contribution in [0, 0.1) is 25.2 Å². The second-order valence-electron chi connectivity index (χ2n) is 6.92. The summed E-state index contributed by atoms with van der Waals surface area (Å²) in [6, 6.07) is 11.2. The number of carbonyl (C=O) groups excluding carboxylic acids is 2. The molecule has 9 heteroatoms. The number of benzene rings is 1. The number of aromatic carboxylic acids is 1. The largest absolute Gasteiger partial charge is 0.478 e. The van der Waals surface area contributed by atoms with Crippen molar-refractivity contribution >= 4 is 40.3 Å². The maximum atomic E-state index is 12.7. The van der Waals surface area contributed by atoms with Gasteiger partial charge in [0.1, 0.15) is 28.2 Å². The van der Waals surface area contributed by atoms with Crippen molar-refractivity contribution in [1.82, 2.24) is 0 Å². The minimum atomic E-state index is -1.06. The van der Waals surface area contributed by atoms with Crippen molar-refractivity contribution in [2.45, 2.75) is 20.8 Å². The van der Waals surface area contributed by atoms with E-state index in [-0.39, 0.29) is 29.1 Å². The van der Waals surface area contributed by atoms with Gasteiger partial charge in [0.15, 0.2) is 0 Å². The van der Waals surface area contributed by atoms with Crippen molar-refractivity contribution in [3.63, 3.8) is 0 Å². The van der Waals surface area contributed by atoms with Gasteiger partial charge in [-0.05, 0) is 50.6 Å². The lowest BCUT2D eigenvalue weighted by Gasteiger charge is -2.06. The van der Waals surface area contributed by atoms with E-state index in [1.54, 1.807) is 38.1 Å². The van der Waals surface area contributed by atoms with Gasteiger partial charge in [0.05, 0.1) is 17.7 Å². The van der Waals surface area contributed by atoms with Crippen LogP contribution in [0.3, 0.4) is 0 Å². The molecule has 0 saturated carbocycles. The lowest BCUT2D eigenvalue weighted by molar-refractivity contribution is -0.112. The van der Waals surface area contributed by atoms with Gasteiger partial charge >= 0.3 is 11.9 Å². The number of aryl methyl sites for hydroxylation is 1. The standard InChI is InChI=1S/C24H20N2O6S/c1-4-31-24(30)20-13(2)14(3)33-22(20)26-21(27)17(12-25)11-18-8-9-19(32-18)15-6-5-7-16(10-15)23(28)29/h5-11H,4H2,1-3H3,(H,26,27)(H,28,29)/b17-11+. The quantitative estimate of drug-likeness (QED) is 0.284. The molecule has 0 atom stereocenters. The molecule has 0 bridgehead atoms. The molecule has 1 amide bonds. The van der Waals surface area contributed by atoms with Gasteiger partial charge in [-0.25, -0.2) is 9.59 Å². The highest BCUT2D eigenvalue weighted by atomic mass is 32.1. The summed E-state index contributed by atoms with van der Waals surface area (Å²) in [5.74, 6) is -1.68. The highest BCUT2D eigenvalue weighted by Crippen LogP contribution is 2.33. The topological polar surface area (TPSA) is 130 Å². The highest BCUT2D eigenvalue weighted by molar-refractivity contribution is 7.16. The molecular formula is C24H20N2O6S. The molecule has 168 valence electrons. The van der Waals surface area contributed by atoms with E-state index in [1.807, 2.05) is 13.0 Å². The molecule has 33 heavy (non-hydrogen) atoms. The Morgan fingerprint density at radius 3 is 2.67 bits per heavy atom. The highest BCUT2D eigenvalue weighted by Gasteiger charge is 2.23. The molecule has 0 unspecified atom stereocenters. The van der Waals surface area contributed by atoms with Crippen molar-refractivity contribution in [1.29, 1.82) is 5.26 Å². The number of nitrogens with zero attached hydrogens (tertiary/aromatic N) is 1. The van der Waals surface area contributed by atoms with Crippen molar-refractivity contribution in [3.05, 3.63) is 69.3 Å². The third-order valence-corrected chi connectivity index (χ3v) is 5.89. The van der Waals surface area contributed by atoms with Crippen molar-refractivity contribution in [2.75, 3.05) is 11.9 Å². The molecular weight excluding hydrogens is 444 g/mol. The first-order chi connectivity index (χ1) is 15.7. The summed E-state index contributed by atoms with van der Waals surface area (Å²) >= 11 is 1.22. The molecule has 0 spiro atoms. The fourth-order valence-electron chi connectivity index (χ4n) is 3.02. The van der Waals surface area contributed by atoms with Gasteiger partial charge in [0.2, 0.25) is 0 Å². The molecule has 3 rings (SSSR count). The molecule has 2 heterocycles. The van der Waals surface area contributed by atoms with Crippen LogP contribution in [-0.4, -0.2) is 29.6 Å². The van der Waals surface area contributed by atoms with Gasteiger partial charge in [-0.2, -0.15) is 5.26 Å². The number of hydrogen-bond acceptors (Lipinski definition) is 7. The number of esters is 1. The molecule has 2 N–H and O–H groups in total. The Labute approximate surface area is 193 Å². The third kappa shape index (κ3) is 5.19. The Hall–Kier alpha value is -4.16. The first-order valence-corrected chi connectivity index (χ1v) is 10.7. The van der Waals surface area contributed by atoms with E-state index in [1.165, 1.54) is 29.5 Å². The van der Waals surface area contributed by atoms with Gasteiger partial charge in [-0.1, -0.05) is 12.1 Å². The van der Waals surface area contributed by atoms with Gasteiger partial charge in [-0.3, -0.25) is 4.79 Å². The van der Waals surface area contributed by atoms with E-state index in [2.05, 4.69) is 5.32 Å². The first-order valence-electron chi connectivity index (χ1n) is 9.89. The number of carbonyl (C=O) groups is 3. The first kappa shape index (κ1) is 23.5. The van der Waals surface area contributed by atoms with E-state index in [0.717, 1.165) is 4.88 Å². The second kappa shape index (κ2) is 9.97. The molecule has 1 aromatic carbocycles. The number of furan rings is 1. The molecule has 0 fully saturated rings. The fourth-order valence-corrected chi connectivity index (χ4v) is 4.06. The number of hydrogen-bond donors (Lipinski definition) is 2. The number of thiophene rings is 1. The Bertz CT molecular complexity index is 1310. The van der Waals surface area contributed by atoms with Crippen molar-refractivity contribution in [2.24, 2.45) is 0 Å². The molecule has 8 nitrogen and oxygen atoms in total. The smallest absolute Gasteiger partial charge is 0.341 e. The Balaban J connectivity index is 1.86. The lowest BCUT2D eigenvalue weighted by atomic mass is 10.1. The van der Waals surface area contributed by atoms with Gasteiger partial charge in [0.25, 0.3) is 5.91 Å². The summed E-state index contributed by atoms with van der Waals surface area (Å²) in [5, 5.41) is 21.6. The zero-order valence-electron chi connectivity index (χ0n) is 18.1. The number of anilines is 1. The van der Waals surface area contributed by atoms with Crippen LogP contribution >= 0.6 is 11.3 Å². The summed E-state index contributed by atoms with van der Waals surface area (Å²) in [4.78, 5) is 37.1. The third-order valence-electron chi connectivity index (χ3n) is 4.76. The predicted molar refractivity (Wildman–Crippen MR) is 123 cm³/mol. The summed E-state index contributed by atoms with van der Waals surface area (Å²) in [5.41, 5.74) is 1.39. The van der Waals surface area contributed by atoms with Gasteiger partial charge in [0, 0.05) is 16.5 Å². The molecule has 0 radical (unpaired) electrons. The number of carboxylic acids is 1. The van der Waals surface area contributed by atoms with Crippen molar-refractivity contribution < 1.29 is 28.6 Å². The molecule has 0 aliphatic heterocycles. The number of carboxylic acid groups (broad SMARTS) is 1. The second-order valence-corrected chi connectivity index (χ2v) is 8.14. The fraction of sp³-hybridized carbons (Fsp3) is 0.167. The predicted octanol–water partition coefficient (Wildman–Crippen LogP) is 5.05. The maximum Gasteiger partial charge on any atom is 0.341 e. The average molecular weight is 464 g/mol. The van der Waals surface area contributed by atoms with Crippen LogP contribution in [0.4, 0.5) is 5.00 Å². The molecule has 0 saturated heterocycles. The van der Waals surface area contributed by atoms with Crippen LogP contribution in [0.25, 0.3) is 17.4 Å². The summed E-state index contributed by atoms with van der Waals surface area (Å²) in [7, 11) is 0. The number of ether oxygens (including phenoxy) is 1. The molecule has 0 aliphatic rings.